The van der Waals surface area contributed by atoms with Crippen molar-refractivity contribution in [3.63, 3.8) is 0 Å². The summed E-state index contributed by atoms with van der Waals surface area (Å²) in [4.78, 5) is 17.4. The number of carbonyl (C=O) groups is 1. The van der Waals surface area contributed by atoms with Gasteiger partial charge in [-0.1, -0.05) is 6.07 Å². The molecule has 1 aromatic rings. The summed E-state index contributed by atoms with van der Waals surface area (Å²) in [6, 6.07) is 4.31. The maximum atomic E-state index is 12.2. The van der Waals surface area contributed by atoms with Gasteiger partial charge in [-0.3, -0.25) is 9.69 Å². The van der Waals surface area contributed by atoms with Crippen LogP contribution in [0.1, 0.15) is 18.2 Å². The highest BCUT2D eigenvalue weighted by Crippen LogP contribution is 2.18. The zero-order valence-corrected chi connectivity index (χ0v) is 12.5. The number of nitrogens with zero attached hydrogens (tertiary/aromatic N) is 2. The number of hydrogen-bond acceptors (Lipinski definition) is 4. The summed E-state index contributed by atoms with van der Waals surface area (Å²) in [5, 5.41) is 2.04. The van der Waals surface area contributed by atoms with Crippen LogP contribution in [-0.4, -0.2) is 48.4 Å². The molecule has 2 rings (SSSR count). The number of nitrogens with two attached hydrogens (primary N) is 1. The molecule has 0 aromatic carbocycles. The zero-order chi connectivity index (χ0) is 13.8. The molecule has 1 amide bonds. The molecule has 0 spiro atoms. The first-order valence-corrected chi connectivity index (χ1v) is 7.68. The predicted octanol–water partition coefficient (Wildman–Crippen LogP) is 1.38. The van der Waals surface area contributed by atoms with Crippen molar-refractivity contribution in [2.24, 2.45) is 11.7 Å². The minimum absolute atomic E-state index is 0.193. The molecule has 0 saturated carbocycles. The molecule has 1 aromatic heterocycles. The molecule has 1 saturated heterocycles. The molecule has 106 valence electrons. The Hall–Kier alpha value is -0.910. The molecule has 2 unspecified atom stereocenters. The molecule has 2 heterocycles. The van der Waals surface area contributed by atoms with E-state index >= 15 is 0 Å². The second-order valence-electron chi connectivity index (χ2n) is 5.47. The van der Waals surface area contributed by atoms with Crippen LogP contribution in [0, 0.1) is 5.92 Å². The Morgan fingerprint density at radius 1 is 1.68 bits per heavy atom. The van der Waals surface area contributed by atoms with E-state index in [1.807, 2.05) is 23.4 Å². The molecule has 2 atom stereocenters. The van der Waals surface area contributed by atoms with Crippen LogP contribution >= 0.6 is 11.3 Å². The largest absolute Gasteiger partial charge is 0.340 e. The fraction of sp³-hybridized carbons (Fsp3) is 0.643. The van der Waals surface area contributed by atoms with Gasteiger partial charge < -0.3 is 10.6 Å². The van der Waals surface area contributed by atoms with E-state index < -0.39 is 0 Å². The van der Waals surface area contributed by atoms with Crippen LogP contribution < -0.4 is 5.73 Å². The van der Waals surface area contributed by atoms with Gasteiger partial charge in [0.25, 0.3) is 0 Å². The minimum Gasteiger partial charge on any atom is -0.340 e. The van der Waals surface area contributed by atoms with Gasteiger partial charge in [-0.15, -0.1) is 11.3 Å². The number of likely N-dealkylation sites (tertiary alicyclic amines) is 1. The highest BCUT2D eigenvalue weighted by atomic mass is 32.1. The third kappa shape index (κ3) is 4.03. The lowest BCUT2D eigenvalue weighted by molar-refractivity contribution is -0.131. The van der Waals surface area contributed by atoms with E-state index in [1.165, 1.54) is 4.88 Å². The SMILES string of the molecule is CC(N)C1CCN(CC(=O)N(C)Cc2cccs2)C1. The number of thiophene rings is 1. The van der Waals surface area contributed by atoms with Crippen molar-refractivity contribution in [3.8, 4) is 0 Å². The monoisotopic (exact) mass is 281 g/mol. The first kappa shape index (κ1) is 14.5. The van der Waals surface area contributed by atoms with E-state index in [0.717, 1.165) is 19.5 Å². The Morgan fingerprint density at radius 3 is 3.05 bits per heavy atom. The van der Waals surface area contributed by atoms with Gasteiger partial charge in [0.2, 0.25) is 5.91 Å². The van der Waals surface area contributed by atoms with Gasteiger partial charge in [-0.2, -0.15) is 0 Å². The van der Waals surface area contributed by atoms with E-state index in [4.69, 9.17) is 5.73 Å². The Bertz CT molecular complexity index is 405. The third-order valence-corrected chi connectivity index (χ3v) is 4.67. The Kier molecular flexibility index (Phi) is 4.96. The summed E-state index contributed by atoms with van der Waals surface area (Å²) in [6.07, 6.45) is 1.11. The summed E-state index contributed by atoms with van der Waals surface area (Å²) in [7, 11) is 1.88. The summed E-state index contributed by atoms with van der Waals surface area (Å²) in [5.74, 6) is 0.731. The molecule has 5 heteroatoms. The van der Waals surface area contributed by atoms with Gasteiger partial charge in [0.15, 0.2) is 0 Å². The molecule has 1 aliphatic heterocycles. The fourth-order valence-electron chi connectivity index (χ4n) is 2.47. The van der Waals surface area contributed by atoms with Crippen molar-refractivity contribution >= 4 is 17.2 Å². The number of likely N-dealkylation sites (N-methyl/N-ethyl adjacent to an activating group) is 1. The van der Waals surface area contributed by atoms with Crippen LogP contribution in [0.25, 0.3) is 0 Å². The van der Waals surface area contributed by atoms with Crippen molar-refractivity contribution in [1.82, 2.24) is 9.80 Å². The molecule has 4 nitrogen and oxygen atoms in total. The predicted molar refractivity (Wildman–Crippen MR) is 79.0 cm³/mol. The second kappa shape index (κ2) is 6.50. The number of amides is 1. The Balaban J connectivity index is 1.78. The van der Waals surface area contributed by atoms with Gasteiger partial charge in [0.1, 0.15) is 0 Å². The average Bonchev–Trinajstić information content (AvgIpc) is 2.99. The van der Waals surface area contributed by atoms with Crippen molar-refractivity contribution in [2.45, 2.75) is 25.9 Å². The molecule has 0 radical (unpaired) electrons. The van der Waals surface area contributed by atoms with E-state index in [1.54, 1.807) is 11.3 Å². The highest BCUT2D eigenvalue weighted by molar-refractivity contribution is 7.09. The molecule has 0 bridgehead atoms. The van der Waals surface area contributed by atoms with Crippen LogP contribution in [0.3, 0.4) is 0 Å². The lowest BCUT2D eigenvalue weighted by Crippen LogP contribution is -2.38. The van der Waals surface area contributed by atoms with Crippen LogP contribution in [0.15, 0.2) is 17.5 Å². The van der Waals surface area contributed by atoms with Gasteiger partial charge in [-0.05, 0) is 37.3 Å². The second-order valence-corrected chi connectivity index (χ2v) is 6.50. The maximum absolute atomic E-state index is 12.2. The molecule has 1 fully saturated rings. The topological polar surface area (TPSA) is 49.6 Å². The molecular formula is C14H23N3OS. The van der Waals surface area contributed by atoms with Gasteiger partial charge in [0.05, 0.1) is 13.1 Å². The normalized spacial score (nSPS) is 21.5. The smallest absolute Gasteiger partial charge is 0.236 e. The van der Waals surface area contributed by atoms with Crippen molar-refractivity contribution in [3.05, 3.63) is 22.4 Å². The van der Waals surface area contributed by atoms with Crippen LogP contribution in [0.5, 0.6) is 0 Å². The lowest BCUT2D eigenvalue weighted by Gasteiger charge is -2.21. The van der Waals surface area contributed by atoms with E-state index in [9.17, 15) is 4.79 Å². The van der Waals surface area contributed by atoms with Crippen molar-refractivity contribution < 1.29 is 4.79 Å². The number of rotatable bonds is 5. The van der Waals surface area contributed by atoms with E-state index in [2.05, 4.69) is 17.9 Å². The Labute approximate surface area is 119 Å². The third-order valence-electron chi connectivity index (χ3n) is 3.81. The molecule has 2 N–H and O–H groups in total. The Morgan fingerprint density at radius 2 is 2.47 bits per heavy atom. The van der Waals surface area contributed by atoms with E-state index in [0.29, 0.717) is 19.0 Å². The molecule has 0 aliphatic carbocycles. The molecule has 1 aliphatic rings. The average molecular weight is 281 g/mol. The molecule has 19 heavy (non-hydrogen) atoms. The summed E-state index contributed by atoms with van der Waals surface area (Å²) < 4.78 is 0. The van der Waals surface area contributed by atoms with Crippen LogP contribution in [-0.2, 0) is 11.3 Å². The standard InChI is InChI=1S/C14H23N3OS/c1-11(15)12-5-6-17(8-12)10-14(18)16(2)9-13-4-3-7-19-13/h3-4,7,11-12H,5-6,8-10,15H2,1-2H3. The van der Waals surface area contributed by atoms with Crippen molar-refractivity contribution in [1.29, 1.82) is 0 Å². The summed E-state index contributed by atoms with van der Waals surface area (Å²) in [5.41, 5.74) is 5.92. The molecular weight excluding hydrogens is 258 g/mol. The first-order valence-electron chi connectivity index (χ1n) is 6.80. The maximum Gasteiger partial charge on any atom is 0.236 e. The van der Waals surface area contributed by atoms with Gasteiger partial charge in [0, 0.05) is 24.5 Å². The summed E-state index contributed by atoms with van der Waals surface area (Å²) >= 11 is 1.69. The van der Waals surface area contributed by atoms with Gasteiger partial charge >= 0.3 is 0 Å². The summed E-state index contributed by atoms with van der Waals surface area (Å²) in [6.45, 7) is 5.23. The van der Waals surface area contributed by atoms with E-state index in [-0.39, 0.29) is 11.9 Å². The van der Waals surface area contributed by atoms with Crippen LogP contribution in [0.2, 0.25) is 0 Å². The minimum atomic E-state index is 0.193. The number of carbonyl (C=O) groups excluding carboxylic acids is 1. The van der Waals surface area contributed by atoms with Gasteiger partial charge in [-0.25, -0.2) is 0 Å². The quantitative estimate of drug-likeness (QED) is 0.887. The fourth-order valence-corrected chi connectivity index (χ4v) is 3.23. The highest BCUT2D eigenvalue weighted by Gasteiger charge is 2.27. The number of hydrogen-bond donors (Lipinski definition) is 1. The van der Waals surface area contributed by atoms with Crippen molar-refractivity contribution in [2.75, 3.05) is 26.7 Å². The lowest BCUT2D eigenvalue weighted by atomic mass is 10.0. The zero-order valence-electron chi connectivity index (χ0n) is 11.7. The first-order chi connectivity index (χ1) is 9.06. The van der Waals surface area contributed by atoms with Crippen LogP contribution in [0.4, 0.5) is 0 Å².